The van der Waals surface area contributed by atoms with Crippen LogP contribution in [0.25, 0.3) is 0 Å². The highest BCUT2D eigenvalue weighted by Crippen LogP contribution is 2.33. The Morgan fingerprint density at radius 3 is 3.00 bits per heavy atom. The Bertz CT molecular complexity index is 755. The van der Waals surface area contributed by atoms with E-state index in [1.807, 2.05) is 30.4 Å². The summed E-state index contributed by atoms with van der Waals surface area (Å²) in [5.74, 6) is 1.02. The molecule has 7 heteroatoms. The first-order chi connectivity index (χ1) is 12.2. The van der Waals surface area contributed by atoms with Crippen molar-refractivity contribution in [1.82, 2.24) is 24.4 Å². The summed E-state index contributed by atoms with van der Waals surface area (Å²) in [6.45, 7) is 4.50. The second kappa shape index (κ2) is 6.82. The maximum absolute atomic E-state index is 12.6. The zero-order valence-corrected chi connectivity index (χ0v) is 14.5. The van der Waals surface area contributed by atoms with E-state index in [-0.39, 0.29) is 11.8 Å². The topological polar surface area (TPSA) is 73.1 Å². The number of nitrogens with zero attached hydrogens (tertiary/aromatic N) is 5. The highest BCUT2D eigenvalue weighted by atomic mass is 16.5. The van der Waals surface area contributed by atoms with E-state index in [0.717, 1.165) is 17.9 Å². The van der Waals surface area contributed by atoms with Gasteiger partial charge in [0.2, 0.25) is 5.91 Å². The molecule has 132 valence electrons. The van der Waals surface area contributed by atoms with Gasteiger partial charge >= 0.3 is 6.01 Å². The van der Waals surface area contributed by atoms with E-state index in [9.17, 15) is 4.79 Å². The van der Waals surface area contributed by atoms with Crippen molar-refractivity contribution in [3.8, 4) is 6.01 Å². The Balaban J connectivity index is 1.45. The van der Waals surface area contributed by atoms with Crippen LogP contribution in [0.1, 0.15) is 30.7 Å². The van der Waals surface area contributed by atoms with Crippen molar-refractivity contribution in [3.63, 3.8) is 0 Å². The molecule has 25 heavy (non-hydrogen) atoms. The molecule has 1 atom stereocenters. The van der Waals surface area contributed by atoms with Crippen LogP contribution in [0.3, 0.4) is 0 Å². The molecule has 0 N–H and O–H groups in total. The third-order valence-electron chi connectivity index (χ3n) is 4.82. The molecule has 4 rings (SSSR count). The Hall–Kier alpha value is -2.44. The third kappa shape index (κ3) is 3.97. The molecule has 0 bridgehead atoms. The first kappa shape index (κ1) is 16.1. The molecular formula is C18H23N5O2. The Morgan fingerprint density at radius 2 is 2.20 bits per heavy atom. The van der Waals surface area contributed by atoms with Gasteiger partial charge in [-0.25, -0.2) is 15.0 Å². The molecule has 1 aliphatic carbocycles. The van der Waals surface area contributed by atoms with E-state index in [0.29, 0.717) is 38.0 Å². The SMILES string of the molecule is Cc1ccnc(OCC2CN(C(=O)CC3CC3)Cc3cncn3C2)n1. The fraction of sp³-hybridized carbons (Fsp3) is 0.556. The average Bonchev–Trinajstić information content (AvgIpc) is 3.34. The maximum atomic E-state index is 12.6. The van der Waals surface area contributed by atoms with Gasteiger partial charge in [0.05, 0.1) is 25.2 Å². The van der Waals surface area contributed by atoms with Gasteiger partial charge in [-0.1, -0.05) is 0 Å². The van der Waals surface area contributed by atoms with Crippen molar-refractivity contribution in [2.24, 2.45) is 11.8 Å². The van der Waals surface area contributed by atoms with Crippen molar-refractivity contribution < 1.29 is 9.53 Å². The molecule has 1 aliphatic heterocycles. The van der Waals surface area contributed by atoms with E-state index >= 15 is 0 Å². The number of hydrogen-bond donors (Lipinski definition) is 0. The molecule has 2 aromatic rings. The van der Waals surface area contributed by atoms with Crippen LogP contribution in [0.2, 0.25) is 0 Å². The molecule has 0 spiro atoms. The fourth-order valence-electron chi connectivity index (χ4n) is 3.23. The summed E-state index contributed by atoms with van der Waals surface area (Å²) in [7, 11) is 0. The zero-order chi connectivity index (χ0) is 17.2. The minimum atomic E-state index is 0.183. The van der Waals surface area contributed by atoms with Crippen LogP contribution in [-0.4, -0.2) is 43.5 Å². The standard InChI is InChI=1S/C18H23N5O2/c1-13-4-5-20-18(21-13)25-11-15-8-22(17(24)6-14-2-3-14)10-16-7-19-12-23(16)9-15/h4-5,7,12,14-15H,2-3,6,8-11H2,1H3. The molecule has 7 nitrogen and oxygen atoms in total. The van der Waals surface area contributed by atoms with Crippen molar-refractivity contribution in [3.05, 3.63) is 36.2 Å². The lowest BCUT2D eigenvalue weighted by Crippen LogP contribution is -2.36. The molecular weight excluding hydrogens is 318 g/mol. The van der Waals surface area contributed by atoms with E-state index in [4.69, 9.17) is 4.74 Å². The van der Waals surface area contributed by atoms with E-state index in [2.05, 4.69) is 19.5 Å². The summed E-state index contributed by atoms with van der Waals surface area (Å²) < 4.78 is 7.92. The Kier molecular flexibility index (Phi) is 4.38. The summed E-state index contributed by atoms with van der Waals surface area (Å²) in [6.07, 6.45) is 8.43. The van der Waals surface area contributed by atoms with E-state index in [1.165, 1.54) is 12.8 Å². The summed E-state index contributed by atoms with van der Waals surface area (Å²) in [6, 6.07) is 2.24. The molecule has 1 fully saturated rings. The van der Waals surface area contributed by atoms with Gasteiger partial charge in [-0.05, 0) is 31.7 Å². The highest BCUT2D eigenvalue weighted by molar-refractivity contribution is 5.76. The van der Waals surface area contributed by atoms with Crippen LogP contribution >= 0.6 is 0 Å². The lowest BCUT2D eigenvalue weighted by molar-refractivity contribution is -0.132. The van der Waals surface area contributed by atoms with Crippen LogP contribution in [0.5, 0.6) is 6.01 Å². The molecule has 1 saturated carbocycles. The fourth-order valence-corrected chi connectivity index (χ4v) is 3.23. The van der Waals surface area contributed by atoms with Gasteiger partial charge in [-0.2, -0.15) is 0 Å². The van der Waals surface area contributed by atoms with Crippen LogP contribution < -0.4 is 4.74 Å². The van der Waals surface area contributed by atoms with E-state index < -0.39 is 0 Å². The second-order valence-corrected chi connectivity index (χ2v) is 7.12. The molecule has 1 unspecified atom stereocenters. The van der Waals surface area contributed by atoms with Crippen molar-refractivity contribution in [2.75, 3.05) is 13.2 Å². The second-order valence-electron chi connectivity index (χ2n) is 7.12. The van der Waals surface area contributed by atoms with Gasteiger partial charge in [0.15, 0.2) is 0 Å². The predicted octanol–water partition coefficient (Wildman–Crippen LogP) is 1.82. The van der Waals surface area contributed by atoms with Gasteiger partial charge in [-0.15, -0.1) is 0 Å². The number of carbonyl (C=O) groups excluding carboxylic acids is 1. The normalized spacial score (nSPS) is 20.0. The summed E-state index contributed by atoms with van der Waals surface area (Å²) in [5, 5.41) is 0. The smallest absolute Gasteiger partial charge is 0.316 e. The van der Waals surface area contributed by atoms with E-state index in [1.54, 1.807) is 6.20 Å². The summed E-state index contributed by atoms with van der Waals surface area (Å²) in [5.41, 5.74) is 1.96. The van der Waals surface area contributed by atoms with Crippen molar-refractivity contribution in [2.45, 2.75) is 39.3 Å². The maximum Gasteiger partial charge on any atom is 0.316 e. The number of amides is 1. The van der Waals surface area contributed by atoms with Gasteiger partial charge in [-0.3, -0.25) is 4.79 Å². The van der Waals surface area contributed by atoms with Gasteiger partial charge in [0, 0.05) is 43.5 Å². The zero-order valence-electron chi connectivity index (χ0n) is 14.5. The molecule has 2 aromatic heterocycles. The number of carbonyl (C=O) groups is 1. The van der Waals surface area contributed by atoms with Gasteiger partial charge in [0.25, 0.3) is 0 Å². The number of ether oxygens (including phenoxy) is 1. The van der Waals surface area contributed by atoms with Crippen molar-refractivity contribution in [1.29, 1.82) is 0 Å². The average molecular weight is 341 g/mol. The number of imidazole rings is 1. The Morgan fingerprint density at radius 1 is 1.32 bits per heavy atom. The van der Waals surface area contributed by atoms with Crippen LogP contribution in [-0.2, 0) is 17.9 Å². The van der Waals surface area contributed by atoms with Gasteiger partial charge < -0.3 is 14.2 Å². The summed E-state index contributed by atoms with van der Waals surface area (Å²) in [4.78, 5) is 27.3. The minimum absolute atomic E-state index is 0.183. The minimum Gasteiger partial charge on any atom is -0.463 e. The number of hydrogen-bond acceptors (Lipinski definition) is 5. The molecule has 0 aromatic carbocycles. The van der Waals surface area contributed by atoms with Crippen LogP contribution in [0, 0.1) is 18.8 Å². The summed E-state index contributed by atoms with van der Waals surface area (Å²) >= 11 is 0. The van der Waals surface area contributed by atoms with Crippen molar-refractivity contribution >= 4 is 5.91 Å². The van der Waals surface area contributed by atoms with Crippen LogP contribution in [0.4, 0.5) is 0 Å². The lowest BCUT2D eigenvalue weighted by Gasteiger charge is -2.24. The number of aryl methyl sites for hydroxylation is 1. The predicted molar refractivity (Wildman–Crippen MR) is 90.7 cm³/mol. The lowest BCUT2D eigenvalue weighted by atomic mass is 10.1. The molecule has 2 aliphatic rings. The quantitative estimate of drug-likeness (QED) is 0.829. The highest BCUT2D eigenvalue weighted by Gasteiger charge is 2.30. The first-order valence-corrected chi connectivity index (χ1v) is 8.86. The Labute approximate surface area is 147 Å². The largest absolute Gasteiger partial charge is 0.463 e. The molecule has 0 radical (unpaired) electrons. The molecule has 0 saturated heterocycles. The van der Waals surface area contributed by atoms with Gasteiger partial charge in [0.1, 0.15) is 0 Å². The first-order valence-electron chi connectivity index (χ1n) is 8.86. The number of aromatic nitrogens is 4. The number of rotatable bonds is 5. The third-order valence-corrected chi connectivity index (χ3v) is 4.82. The number of fused-ring (bicyclic) bond motifs is 1. The monoisotopic (exact) mass is 341 g/mol. The molecule has 3 heterocycles. The molecule has 1 amide bonds. The van der Waals surface area contributed by atoms with Crippen LogP contribution in [0.15, 0.2) is 24.8 Å².